The van der Waals surface area contributed by atoms with Crippen LogP contribution in [0, 0.1) is 16.7 Å². The Morgan fingerprint density at radius 2 is 2.29 bits per heavy atom. The molecular weight excluding hydrogens is 214 g/mol. The van der Waals surface area contributed by atoms with E-state index in [0.29, 0.717) is 12.6 Å². The van der Waals surface area contributed by atoms with Gasteiger partial charge in [-0.2, -0.15) is 5.26 Å². The van der Waals surface area contributed by atoms with E-state index in [2.05, 4.69) is 31.0 Å². The van der Waals surface area contributed by atoms with Gasteiger partial charge in [0.25, 0.3) is 0 Å². The highest BCUT2D eigenvalue weighted by atomic mass is 16.2. The van der Waals surface area contributed by atoms with E-state index in [9.17, 15) is 4.79 Å². The van der Waals surface area contributed by atoms with Gasteiger partial charge in [0.05, 0.1) is 12.6 Å². The maximum Gasteiger partial charge on any atom is 0.235 e. The number of hydrogen-bond donors (Lipinski definition) is 1. The zero-order valence-electron chi connectivity index (χ0n) is 11.1. The minimum atomic E-state index is -0.0367. The van der Waals surface area contributed by atoms with Gasteiger partial charge in [-0.15, -0.1) is 0 Å². The summed E-state index contributed by atoms with van der Waals surface area (Å²) in [6.07, 6.45) is 3.46. The van der Waals surface area contributed by atoms with Crippen LogP contribution in [0.4, 0.5) is 0 Å². The van der Waals surface area contributed by atoms with Crippen molar-refractivity contribution in [1.82, 2.24) is 10.2 Å². The molecule has 0 aromatic carbocycles. The smallest absolute Gasteiger partial charge is 0.235 e. The Bertz CT molecular complexity index is 306. The maximum atomic E-state index is 11.6. The van der Waals surface area contributed by atoms with Crippen molar-refractivity contribution in [3.63, 3.8) is 0 Å². The number of hydrogen-bond acceptors (Lipinski definition) is 3. The van der Waals surface area contributed by atoms with Crippen LogP contribution in [0.5, 0.6) is 0 Å². The molecule has 1 heterocycles. The first-order chi connectivity index (χ1) is 8.01. The van der Waals surface area contributed by atoms with Gasteiger partial charge < -0.3 is 5.32 Å². The van der Waals surface area contributed by atoms with E-state index >= 15 is 0 Å². The Morgan fingerprint density at radius 3 is 2.88 bits per heavy atom. The van der Waals surface area contributed by atoms with E-state index in [0.717, 1.165) is 13.0 Å². The van der Waals surface area contributed by atoms with E-state index in [4.69, 9.17) is 5.26 Å². The topological polar surface area (TPSA) is 56.1 Å². The lowest BCUT2D eigenvalue weighted by Crippen LogP contribution is -2.45. The molecular formula is C13H23N3O. The molecule has 1 fully saturated rings. The van der Waals surface area contributed by atoms with Crippen LogP contribution in [-0.2, 0) is 4.79 Å². The van der Waals surface area contributed by atoms with Gasteiger partial charge in [-0.25, -0.2) is 0 Å². The van der Waals surface area contributed by atoms with Crippen LogP contribution in [0.1, 0.15) is 40.0 Å². The van der Waals surface area contributed by atoms with Gasteiger partial charge in [0, 0.05) is 6.04 Å². The zero-order chi connectivity index (χ0) is 12.9. The minimum absolute atomic E-state index is 0.0367. The first kappa shape index (κ1) is 14.0. The number of nitrogens with zero attached hydrogens (tertiary/aromatic N) is 2. The average Bonchev–Trinajstić information content (AvgIpc) is 2.75. The van der Waals surface area contributed by atoms with Gasteiger partial charge in [0.1, 0.15) is 6.54 Å². The van der Waals surface area contributed by atoms with Crippen molar-refractivity contribution in [3.05, 3.63) is 0 Å². The summed E-state index contributed by atoms with van der Waals surface area (Å²) in [7, 11) is 0. The molecule has 0 aliphatic carbocycles. The molecule has 0 spiro atoms. The number of carbonyl (C=O) groups is 1. The van der Waals surface area contributed by atoms with E-state index < -0.39 is 0 Å². The SMILES string of the molecule is CCC(C)(C)C1CCCN1CC(=O)NCC#N. The summed E-state index contributed by atoms with van der Waals surface area (Å²) in [5.74, 6) is -0.0367. The Kier molecular flexibility index (Phi) is 4.95. The predicted octanol–water partition coefficient (Wildman–Crippen LogP) is 1.53. The molecule has 1 amide bonds. The molecule has 0 saturated carbocycles. The van der Waals surface area contributed by atoms with E-state index in [1.807, 2.05) is 6.07 Å². The van der Waals surface area contributed by atoms with Crippen molar-refractivity contribution in [1.29, 1.82) is 5.26 Å². The molecule has 0 aromatic rings. The molecule has 1 aliphatic rings. The van der Waals surface area contributed by atoms with Crippen molar-refractivity contribution >= 4 is 5.91 Å². The van der Waals surface area contributed by atoms with Crippen LogP contribution < -0.4 is 5.32 Å². The summed E-state index contributed by atoms with van der Waals surface area (Å²) in [6, 6.07) is 2.41. The standard InChI is InChI=1S/C13H23N3O/c1-4-13(2,3)11-6-5-9-16(11)10-12(17)15-8-7-14/h11H,4-6,8-10H2,1-3H3,(H,15,17). The molecule has 1 unspecified atom stereocenters. The Labute approximate surface area is 104 Å². The van der Waals surface area contributed by atoms with Gasteiger partial charge in [0.2, 0.25) is 5.91 Å². The molecule has 1 N–H and O–H groups in total. The molecule has 1 atom stereocenters. The second-order valence-electron chi connectivity index (χ2n) is 5.41. The quantitative estimate of drug-likeness (QED) is 0.738. The number of likely N-dealkylation sites (tertiary alicyclic amines) is 1. The average molecular weight is 237 g/mol. The first-order valence-electron chi connectivity index (χ1n) is 6.39. The normalized spacial score (nSPS) is 21.2. The number of nitriles is 1. The molecule has 0 bridgehead atoms. The molecule has 0 aromatic heterocycles. The second kappa shape index (κ2) is 6.02. The summed E-state index contributed by atoms with van der Waals surface area (Å²) in [4.78, 5) is 13.9. The molecule has 1 saturated heterocycles. The Balaban J connectivity index is 2.53. The number of carbonyl (C=O) groups excluding carboxylic acids is 1. The van der Waals surface area contributed by atoms with Crippen LogP contribution in [0.2, 0.25) is 0 Å². The third kappa shape index (κ3) is 3.71. The van der Waals surface area contributed by atoms with E-state index in [-0.39, 0.29) is 17.9 Å². The molecule has 0 radical (unpaired) electrons. The highest BCUT2D eigenvalue weighted by Crippen LogP contribution is 2.35. The van der Waals surface area contributed by atoms with E-state index in [1.165, 1.54) is 12.8 Å². The molecule has 96 valence electrons. The summed E-state index contributed by atoms with van der Waals surface area (Å²) < 4.78 is 0. The monoisotopic (exact) mass is 237 g/mol. The molecule has 1 aliphatic heterocycles. The van der Waals surface area contributed by atoms with Crippen molar-refractivity contribution in [2.75, 3.05) is 19.6 Å². The lowest BCUT2D eigenvalue weighted by molar-refractivity contribution is -0.122. The highest BCUT2D eigenvalue weighted by Gasteiger charge is 2.36. The van der Waals surface area contributed by atoms with E-state index in [1.54, 1.807) is 0 Å². The van der Waals surface area contributed by atoms with Crippen molar-refractivity contribution in [2.45, 2.75) is 46.1 Å². The van der Waals surface area contributed by atoms with Crippen LogP contribution in [-0.4, -0.2) is 36.5 Å². The van der Waals surface area contributed by atoms with Crippen molar-refractivity contribution in [3.8, 4) is 6.07 Å². The number of nitrogens with one attached hydrogen (secondary N) is 1. The van der Waals surface area contributed by atoms with Gasteiger partial charge in [-0.05, 0) is 31.2 Å². The minimum Gasteiger partial charge on any atom is -0.342 e. The third-order valence-corrected chi connectivity index (χ3v) is 3.89. The Hall–Kier alpha value is -1.08. The van der Waals surface area contributed by atoms with Crippen molar-refractivity contribution < 1.29 is 4.79 Å². The highest BCUT2D eigenvalue weighted by molar-refractivity contribution is 5.78. The van der Waals surface area contributed by atoms with Crippen LogP contribution in [0.25, 0.3) is 0 Å². The largest absolute Gasteiger partial charge is 0.342 e. The fraction of sp³-hybridized carbons (Fsp3) is 0.846. The molecule has 1 rings (SSSR count). The molecule has 4 nitrogen and oxygen atoms in total. The van der Waals surface area contributed by atoms with Gasteiger partial charge in [-0.3, -0.25) is 9.69 Å². The fourth-order valence-electron chi connectivity index (χ4n) is 2.51. The fourth-order valence-corrected chi connectivity index (χ4v) is 2.51. The molecule has 17 heavy (non-hydrogen) atoms. The summed E-state index contributed by atoms with van der Waals surface area (Å²) in [5, 5.41) is 11.0. The van der Waals surface area contributed by atoms with Gasteiger partial charge in [-0.1, -0.05) is 20.8 Å². The Morgan fingerprint density at radius 1 is 1.59 bits per heavy atom. The molecule has 4 heteroatoms. The van der Waals surface area contributed by atoms with Gasteiger partial charge in [0.15, 0.2) is 0 Å². The second-order valence-corrected chi connectivity index (χ2v) is 5.41. The van der Waals surface area contributed by atoms with Gasteiger partial charge >= 0.3 is 0 Å². The summed E-state index contributed by atoms with van der Waals surface area (Å²) >= 11 is 0. The first-order valence-corrected chi connectivity index (χ1v) is 6.39. The predicted molar refractivity (Wildman–Crippen MR) is 67.3 cm³/mol. The van der Waals surface area contributed by atoms with Crippen LogP contribution in [0.3, 0.4) is 0 Å². The number of amides is 1. The zero-order valence-corrected chi connectivity index (χ0v) is 11.1. The number of rotatable bonds is 5. The summed E-state index contributed by atoms with van der Waals surface area (Å²) in [5.41, 5.74) is 0.256. The summed E-state index contributed by atoms with van der Waals surface area (Å²) in [6.45, 7) is 8.26. The van der Waals surface area contributed by atoms with Crippen LogP contribution in [0.15, 0.2) is 0 Å². The van der Waals surface area contributed by atoms with Crippen LogP contribution >= 0.6 is 0 Å². The maximum absolute atomic E-state index is 11.6. The lowest BCUT2D eigenvalue weighted by Gasteiger charge is -2.37. The lowest BCUT2D eigenvalue weighted by atomic mass is 9.80. The van der Waals surface area contributed by atoms with Crippen molar-refractivity contribution in [2.24, 2.45) is 5.41 Å². The third-order valence-electron chi connectivity index (χ3n) is 3.89.